The summed E-state index contributed by atoms with van der Waals surface area (Å²) in [7, 11) is 0. The topological polar surface area (TPSA) is 101 Å². The molecular formula is C21H22N4O4S. The molecule has 0 unspecified atom stereocenters. The van der Waals surface area contributed by atoms with Crippen molar-refractivity contribution < 1.29 is 19.1 Å². The standard InChI is InChI=1S/C21H22N4O4S/c1-3-28-18-10-15(11-22-25-21-24-20(27)13-30-21)6-9-17(18)29-12-19(26)23-16-7-4-14(2)5-8-16/h4-11H,3,12-13H2,1-2H3,(H,23,26)(H,24,25,27). The molecule has 30 heavy (non-hydrogen) atoms. The lowest BCUT2D eigenvalue weighted by Crippen LogP contribution is -2.20. The van der Waals surface area contributed by atoms with Crippen molar-refractivity contribution in [3.63, 3.8) is 0 Å². The van der Waals surface area contributed by atoms with E-state index in [-0.39, 0.29) is 18.4 Å². The van der Waals surface area contributed by atoms with E-state index < -0.39 is 0 Å². The Balaban J connectivity index is 1.60. The Labute approximate surface area is 178 Å². The van der Waals surface area contributed by atoms with Crippen LogP contribution in [0.3, 0.4) is 0 Å². The molecule has 0 saturated carbocycles. The van der Waals surface area contributed by atoms with E-state index >= 15 is 0 Å². The minimum absolute atomic E-state index is 0.0829. The van der Waals surface area contributed by atoms with Crippen molar-refractivity contribution in [2.24, 2.45) is 10.2 Å². The van der Waals surface area contributed by atoms with E-state index in [9.17, 15) is 9.59 Å². The predicted molar refractivity (Wildman–Crippen MR) is 119 cm³/mol. The number of amides is 2. The third-order valence-electron chi connectivity index (χ3n) is 3.90. The summed E-state index contributed by atoms with van der Waals surface area (Å²) in [6.45, 7) is 4.14. The fraction of sp³-hybridized carbons (Fsp3) is 0.238. The van der Waals surface area contributed by atoms with Gasteiger partial charge in [0.15, 0.2) is 23.3 Å². The lowest BCUT2D eigenvalue weighted by molar-refractivity contribution is -0.118. The number of ether oxygens (including phenoxy) is 2. The van der Waals surface area contributed by atoms with Crippen LogP contribution in [-0.2, 0) is 9.59 Å². The van der Waals surface area contributed by atoms with Crippen molar-refractivity contribution in [1.82, 2.24) is 5.32 Å². The number of aryl methyl sites for hydroxylation is 1. The molecule has 156 valence electrons. The number of carbonyl (C=O) groups is 2. The molecule has 1 aliphatic heterocycles. The Hall–Kier alpha value is -3.33. The maximum atomic E-state index is 12.2. The first-order valence-electron chi connectivity index (χ1n) is 9.33. The monoisotopic (exact) mass is 426 g/mol. The van der Waals surface area contributed by atoms with Gasteiger partial charge in [-0.05, 0) is 49.7 Å². The molecule has 0 bridgehead atoms. The number of nitrogens with one attached hydrogen (secondary N) is 2. The van der Waals surface area contributed by atoms with Gasteiger partial charge in [-0.3, -0.25) is 9.59 Å². The molecule has 1 heterocycles. The zero-order valence-electron chi connectivity index (χ0n) is 16.7. The smallest absolute Gasteiger partial charge is 0.262 e. The molecule has 0 aliphatic carbocycles. The second-order valence-corrected chi connectivity index (χ2v) is 7.29. The Morgan fingerprint density at radius 3 is 2.70 bits per heavy atom. The second kappa shape index (κ2) is 10.4. The van der Waals surface area contributed by atoms with Crippen LogP contribution in [-0.4, -0.2) is 42.2 Å². The number of hydrogen-bond donors (Lipinski definition) is 2. The number of nitrogens with zero attached hydrogens (tertiary/aromatic N) is 2. The average Bonchev–Trinajstić information content (AvgIpc) is 3.14. The third kappa shape index (κ3) is 6.35. The van der Waals surface area contributed by atoms with Gasteiger partial charge in [0, 0.05) is 5.69 Å². The molecule has 0 aromatic heterocycles. The van der Waals surface area contributed by atoms with Crippen LogP contribution in [0.2, 0.25) is 0 Å². The number of carbonyl (C=O) groups excluding carboxylic acids is 2. The molecule has 0 spiro atoms. The number of anilines is 1. The number of amidine groups is 1. The maximum absolute atomic E-state index is 12.2. The number of hydrogen-bond acceptors (Lipinski definition) is 7. The van der Waals surface area contributed by atoms with E-state index in [1.165, 1.54) is 11.8 Å². The van der Waals surface area contributed by atoms with Crippen LogP contribution in [0, 0.1) is 6.92 Å². The fourth-order valence-electron chi connectivity index (χ4n) is 2.50. The molecule has 1 aliphatic rings. The van der Waals surface area contributed by atoms with Crippen molar-refractivity contribution in [3.05, 3.63) is 53.6 Å². The number of benzene rings is 2. The highest BCUT2D eigenvalue weighted by Crippen LogP contribution is 2.28. The Morgan fingerprint density at radius 1 is 1.20 bits per heavy atom. The molecule has 2 amide bonds. The van der Waals surface area contributed by atoms with Crippen molar-refractivity contribution in [2.75, 3.05) is 24.3 Å². The van der Waals surface area contributed by atoms with Gasteiger partial charge in [-0.2, -0.15) is 5.10 Å². The molecule has 2 aromatic rings. The highest BCUT2D eigenvalue weighted by molar-refractivity contribution is 8.15. The summed E-state index contributed by atoms with van der Waals surface area (Å²) in [5.74, 6) is 0.963. The van der Waals surface area contributed by atoms with Crippen molar-refractivity contribution in [1.29, 1.82) is 0 Å². The third-order valence-corrected chi connectivity index (χ3v) is 4.77. The van der Waals surface area contributed by atoms with Crippen molar-refractivity contribution in [2.45, 2.75) is 13.8 Å². The van der Waals surface area contributed by atoms with Crippen LogP contribution in [0.5, 0.6) is 11.5 Å². The van der Waals surface area contributed by atoms with E-state index in [1.807, 2.05) is 38.1 Å². The molecule has 2 N–H and O–H groups in total. The number of thioether (sulfide) groups is 1. The van der Waals surface area contributed by atoms with E-state index in [0.29, 0.717) is 34.7 Å². The van der Waals surface area contributed by atoms with E-state index in [0.717, 1.165) is 11.1 Å². The summed E-state index contributed by atoms with van der Waals surface area (Å²) in [5.41, 5.74) is 2.57. The van der Waals surface area contributed by atoms with Gasteiger partial charge >= 0.3 is 0 Å². The van der Waals surface area contributed by atoms with Gasteiger partial charge in [-0.25, -0.2) is 0 Å². The summed E-state index contributed by atoms with van der Waals surface area (Å²) in [6.07, 6.45) is 1.55. The van der Waals surface area contributed by atoms with E-state index in [4.69, 9.17) is 9.47 Å². The van der Waals surface area contributed by atoms with Gasteiger partial charge in [0.25, 0.3) is 5.91 Å². The summed E-state index contributed by atoms with van der Waals surface area (Å²) in [4.78, 5) is 23.3. The first-order chi connectivity index (χ1) is 14.5. The molecule has 0 atom stereocenters. The summed E-state index contributed by atoms with van der Waals surface area (Å²) >= 11 is 1.30. The molecule has 3 rings (SSSR count). The largest absolute Gasteiger partial charge is 0.490 e. The lowest BCUT2D eigenvalue weighted by atomic mass is 10.2. The highest BCUT2D eigenvalue weighted by atomic mass is 32.2. The van der Waals surface area contributed by atoms with Gasteiger partial charge in [0.05, 0.1) is 18.6 Å². The van der Waals surface area contributed by atoms with Crippen molar-refractivity contribution >= 4 is 40.6 Å². The van der Waals surface area contributed by atoms with Gasteiger partial charge in [-0.1, -0.05) is 29.5 Å². The van der Waals surface area contributed by atoms with Gasteiger partial charge in [-0.15, -0.1) is 5.10 Å². The van der Waals surface area contributed by atoms with Crippen LogP contribution in [0.1, 0.15) is 18.1 Å². The van der Waals surface area contributed by atoms with Crippen LogP contribution in [0.4, 0.5) is 5.69 Å². The Bertz CT molecular complexity index is 973. The van der Waals surface area contributed by atoms with Gasteiger partial charge in [0.1, 0.15) is 0 Å². The summed E-state index contributed by atoms with van der Waals surface area (Å²) in [6, 6.07) is 12.8. The molecule has 1 saturated heterocycles. The zero-order chi connectivity index (χ0) is 21.3. The SMILES string of the molecule is CCOc1cc(C=NN=C2NC(=O)CS2)ccc1OCC(=O)Nc1ccc(C)cc1. The average molecular weight is 426 g/mol. The normalized spacial score (nSPS) is 14.7. The van der Waals surface area contributed by atoms with Gasteiger partial charge in [0.2, 0.25) is 5.91 Å². The molecular weight excluding hydrogens is 404 g/mol. The van der Waals surface area contributed by atoms with Crippen LogP contribution in [0.15, 0.2) is 52.7 Å². The summed E-state index contributed by atoms with van der Waals surface area (Å²) in [5, 5.41) is 13.8. The van der Waals surface area contributed by atoms with Crippen LogP contribution < -0.4 is 20.1 Å². The second-order valence-electron chi connectivity index (χ2n) is 6.33. The van der Waals surface area contributed by atoms with Crippen LogP contribution in [0.25, 0.3) is 0 Å². The Kier molecular flexibility index (Phi) is 7.45. The molecule has 0 radical (unpaired) electrons. The lowest BCUT2D eigenvalue weighted by Gasteiger charge is -2.12. The molecule has 2 aromatic carbocycles. The minimum atomic E-state index is -0.265. The molecule has 8 nitrogen and oxygen atoms in total. The minimum Gasteiger partial charge on any atom is -0.490 e. The molecule has 9 heteroatoms. The van der Waals surface area contributed by atoms with E-state index in [1.54, 1.807) is 24.4 Å². The quantitative estimate of drug-likeness (QED) is 0.499. The fourth-order valence-corrected chi connectivity index (χ4v) is 3.13. The van der Waals surface area contributed by atoms with Crippen molar-refractivity contribution in [3.8, 4) is 11.5 Å². The molecule has 1 fully saturated rings. The Morgan fingerprint density at radius 2 is 2.00 bits per heavy atom. The predicted octanol–water partition coefficient (Wildman–Crippen LogP) is 2.96. The zero-order valence-corrected chi connectivity index (χ0v) is 17.5. The first-order valence-corrected chi connectivity index (χ1v) is 10.3. The van der Waals surface area contributed by atoms with E-state index in [2.05, 4.69) is 20.8 Å². The summed E-state index contributed by atoms with van der Waals surface area (Å²) < 4.78 is 11.3. The van der Waals surface area contributed by atoms with Crippen LogP contribution >= 0.6 is 11.8 Å². The highest BCUT2D eigenvalue weighted by Gasteiger charge is 2.16. The first kappa shape index (κ1) is 21.4. The number of rotatable bonds is 8. The van der Waals surface area contributed by atoms with Gasteiger partial charge < -0.3 is 20.1 Å². The maximum Gasteiger partial charge on any atom is 0.262 e.